The zero-order valence-corrected chi connectivity index (χ0v) is 9.77. The zero-order chi connectivity index (χ0) is 10.8. The first-order valence-corrected chi connectivity index (χ1v) is 5.59. The van der Waals surface area contributed by atoms with Gasteiger partial charge in [-0.2, -0.15) is 5.10 Å². The summed E-state index contributed by atoms with van der Waals surface area (Å²) in [4.78, 5) is 2.39. The largest absolute Gasteiger partial charge is 0.379 e. The van der Waals surface area contributed by atoms with Gasteiger partial charge in [-0.3, -0.25) is 4.68 Å². The molecule has 4 nitrogen and oxygen atoms in total. The SMILES string of the molecule is C[C@H]1CN(C)CC[C@@H]1Nc1cnn(C)c1. The number of aromatic nitrogens is 2. The van der Waals surface area contributed by atoms with Gasteiger partial charge in [-0.25, -0.2) is 0 Å². The van der Waals surface area contributed by atoms with Gasteiger partial charge in [-0.15, -0.1) is 0 Å². The number of hydrogen-bond acceptors (Lipinski definition) is 3. The summed E-state index contributed by atoms with van der Waals surface area (Å²) in [5, 5.41) is 7.73. The third-order valence-electron chi connectivity index (χ3n) is 3.17. The van der Waals surface area contributed by atoms with E-state index in [2.05, 4.69) is 29.3 Å². The molecule has 0 aliphatic carbocycles. The van der Waals surface area contributed by atoms with E-state index in [1.54, 1.807) is 0 Å². The van der Waals surface area contributed by atoms with E-state index in [1.807, 2.05) is 24.1 Å². The number of nitrogens with zero attached hydrogens (tertiary/aromatic N) is 3. The second kappa shape index (κ2) is 4.23. The van der Waals surface area contributed by atoms with Crippen molar-refractivity contribution < 1.29 is 0 Å². The Bertz CT molecular complexity index is 320. The molecule has 0 amide bonds. The molecule has 0 aromatic carbocycles. The standard InChI is InChI=1S/C11H20N4/c1-9-7-14(2)5-4-11(9)13-10-6-12-15(3)8-10/h6,8-9,11,13H,4-5,7H2,1-3H3/t9-,11-/m0/s1. The normalized spacial score (nSPS) is 27.9. The van der Waals surface area contributed by atoms with Gasteiger partial charge in [0.05, 0.1) is 11.9 Å². The van der Waals surface area contributed by atoms with Crippen LogP contribution in [0.5, 0.6) is 0 Å². The Labute approximate surface area is 91.3 Å². The second-order valence-electron chi connectivity index (χ2n) is 4.68. The van der Waals surface area contributed by atoms with Gasteiger partial charge in [-0.05, 0) is 25.9 Å². The lowest BCUT2D eigenvalue weighted by Crippen LogP contribution is -2.43. The molecule has 1 fully saturated rings. The third-order valence-corrected chi connectivity index (χ3v) is 3.17. The van der Waals surface area contributed by atoms with E-state index in [4.69, 9.17) is 0 Å². The summed E-state index contributed by atoms with van der Waals surface area (Å²) in [5.74, 6) is 0.698. The molecule has 0 unspecified atom stereocenters. The zero-order valence-electron chi connectivity index (χ0n) is 9.77. The summed E-state index contributed by atoms with van der Waals surface area (Å²) in [7, 11) is 4.14. The molecular weight excluding hydrogens is 188 g/mol. The van der Waals surface area contributed by atoms with Gasteiger partial charge in [0.25, 0.3) is 0 Å². The summed E-state index contributed by atoms with van der Waals surface area (Å²) < 4.78 is 1.84. The maximum Gasteiger partial charge on any atom is 0.0728 e. The highest BCUT2D eigenvalue weighted by Crippen LogP contribution is 2.19. The van der Waals surface area contributed by atoms with Crippen LogP contribution in [0.4, 0.5) is 5.69 Å². The van der Waals surface area contributed by atoms with Crippen molar-refractivity contribution in [2.75, 3.05) is 25.5 Å². The molecule has 0 radical (unpaired) electrons. The quantitative estimate of drug-likeness (QED) is 0.792. The molecule has 1 aromatic rings. The van der Waals surface area contributed by atoms with E-state index in [0.29, 0.717) is 12.0 Å². The Kier molecular flexibility index (Phi) is 2.95. The van der Waals surface area contributed by atoms with Gasteiger partial charge in [0.15, 0.2) is 0 Å². The molecule has 15 heavy (non-hydrogen) atoms. The fraction of sp³-hybridized carbons (Fsp3) is 0.727. The van der Waals surface area contributed by atoms with E-state index < -0.39 is 0 Å². The molecule has 1 aliphatic rings. The van der Waals surface area contributed by atoms with Gasteiger partial charge in [0.1, 0.15) is 0 Å². The minimum atomic E-state index is 0.588. The Hall–Kier alpha value is -1.03. The first-order chi connectivity index (χ1) is 7.15. The molecular formula is C11H20N4. The number of anilines is 1. The van der Waals surface area contributed by atoms with Crippen LogP contribution in [0.2, 0.25) is 0 Å². The second-order valence-corrected chi connectivity index (χ2v) is 4.68. The van der Waals surface area contributed by atoms with Crippen LogP contribution < -0.4 is 5.32 Å². The Morgan fingerprint density at radius 2 is 2.27 bits per heavy atom. The number of rotatable bonds is 2. The lowest BCUT2D eigenvalue weighted by atomic mass is 9.94. The van der Waals surface area contributed by atoms with Crippen molar-refractivity contribution in [1.82, 2.24) is 14.7 Å². The molecule has 4 heteroatoms. The van der Waals surface area contributed by atoms with E-state index in [0.717, 1.165) is 5.69 Å². The van der Waals surface area contributed by atoms with Gasteiger partial charge in [0.2, 0.25) is 0 Å². The number of hydrogen-bond donors (Lipinski definition) is 1. The molecule has 1 saturated heterocycles. The molecule has 2 heterocycles. The number of aryl methyl sites for hydroxylation is 1. The van der Waals surface area contributed by atoms with Gasteiger partial charge in [-0.1, -0.05) is 6.92 Å². The topological polar surface area (TPSA) is 33.1 Å². The van der Waals surface area contributed by atoms with Crippen LogP contribution in [0.3, 0.4) is 0 Å². The van der Waals surface area contributed by atoms with E-state index >= 15 is 0 Å². The molecule has 2 rings (SSSR count). The monoisotopic (exact) mass is 208 g/mol. The molecule has 0 saturated carbocycles. The fourth-order valence-electron chi connectivity index (χ4n) is 2.28. The van der Waals surface area contributed by atoms with Crippen molar-refractivity contribution in [2.24, 2.45) is 13.0 Å². The number of nitrogens with one attached hydrogen (secondary N) is 1. The highest BCUT2D eigenvalue weighted by atomic mass is 15.3. The van der Waals surface area contributed by atoms with Crippen LogP contribution in [0.25, 0.3) is 0 Å². The highest BCUT2D eigenvalue weighted by Gasteiger charge is 2.23. The first kappa shape index (κ1) is 10.5. The maximum atomic E-state index is 4.17. The fourth-order valence-corrected chi connectivity index (χ4v) is 2.28. The van der Waals surface area contributed by atoms with Crippen molar-refractivity contribution in [2.45, 2.75) is 19.4 Å². The molecule has 84 valence electrons. The molecule has 0 spiro atoms. The van der Waals surface area contributed by atoms with Gasteiger partial charge < -0.3 is 10.2 Å². The van der Waals surface area contributed by atoms with Gasteiger partial charge in [0, 0.05) is 25.8 Å². The molecule has 0 bridgehead atoms. The lowest BCUT2D eigenvalue weighted by Gasteiger charge is -2.35. The molecule has 1 aromatic heterocycles. The summed E-state index contributed by atoms with van der Waals surface area (Å²) in [6.07, 6.45) is 5.14. The lowest BCUT2D eigenvalue weighted by molar-refractivity contribution is 0.206. The predicted octanol–water partition coefficient (Wildman–Crippen LogP) is 1.17. The summed E-state index contributed by atoms with van der Waals surface area (Å²) in [6, 6.07) is 0.588. The van der Waals surface area contributed by atoms with Crippen molar-refractivity contribution >= 4 is 5.69 Å². The van der Waals surface area contributed by atoms with E-state index in [-0.39, 0.29) is 0 Å². The Balaban J connectivity index is 1.94. The Morgan fingerprint density at radius 3 is 2.87 bits per heavy atom. The average molecular weight is 208 g/mol. The maximum absolute atomic E-state index is 4.17. The van der Waals surface area contributed by atoms with Crippen LogP contribution in [0.15, 0.2) is 12.4 Å². The highest BCUT2D eigenvalue weighted by molar-refractivity contribution is 5.39. The van der Waals surface area contributed by atoms with Crippen molar-refractivity contribution in [1.29, 1.82) is 0 Å². The molecule has 1 N–H and O–H groups in total. The molecule has 2 atom stereocenters. The summed E-state index contributed by atoms with van der Waals surface area (Å²) in [6.45, 7) is 4.67. The number of likely N-dealkylation sites (tertiary alicyclic amines) is 1. The smallest absolute Gasteiger partial charge is 0.0728 e. The summed E-state index contributed by atoms with van der Waals surface area (Å²) >= 11 is 0. The van der Waals surface area contributed by atoms with Crippen LogP contribution in [-0.2, 0) is 7.05 Å². The predicted molar refractivity (Wildman–Crippen MR) is 61.9 cm³/mol. The van der Waals surface area contributed by atoms with Crippen molar-refractivity contribution in [3.05, 3.63) is 12.4 Å². The van der Waals surface area contributed by atoms with Gasteiger partial charge >= 0.3 is 0 Å². The van der Waals surface area contributed by atoms with Crippen LogP contribution >= 0.6 is 0 Å². The van der Waals surface area contributed by atoms with Crippen LogP contribution in [-0.4, -0.2) is 40.9 Å². The third kappa shape index (κ3) is 2.50. The first-order valence-electron chi connectivity index (χ1n) is 5.59. The summed E-state index contributed by atoms with van der Waals surface area (Å²) in [5.41, 5.74) is 1.14. The van der Waals surface area contributed by atoms with Crippen molar-refractivity contribution in [3.63, 3.8) is 0 Å². The van der Waals surface area contributed by atoms with Crippen molar-refractivity contribution in [3.8, 4) is 0 Å². The molecule has 1 aliphatic heterocycles. The average Bonchev–Trinajstić information content (AvgIpc) is 2.56. The van der Waals surface area contributed by atoms with Crippen LogP contribution in [0, 0.1) is 5.92 Å². The van der Waals surface area contributed by atoms with E-state index in [9.17, 15) is 0 Å². The van der Waals surface area contributed by atoms with Crippen LogP contribution in [0.1, 0.15) is 13.3 Å². The minimum Gasteiger partial charge on any atom is -0.379 e. The Morgan fingerprint density at radius 1 is 1.47 bits per heavy atom. The number of piperidine rings is 1. The van der Waals surface area contributed by atoms with E-state index in [1.165, 1.54) is 19.5 Å². The minimum absolute atomic E-state index is 0.588.